The van der Waals surface area contributed by atoms with Crippen molar-refractivity contribution in [3.05, 3.63) is 36.0 Å². The molecule has 1 rings (SSSR count). The lowest BCUT2D eigenvalue weighted by Gasteiger charge is -2.09. The summed E-state index contributed by atoms with van der Waals surface area (Å²) in [6, 6.07) is 0. The summed E-state index contributed by atoms with van der Waals surface area (Å²) >= 11 is 1.94. The highest BCUT2D eigenvalue weighted by Crippen LogP contribution is 2.43. The number of rotatable bonds is 8. The van der Waals surface area contributed by atoms with Crippen LogP contribution in [0.2, 0.25) is 0 Å². The van der Waals surface area contributed by atoms with Crippen molar-refractivity contribution in [2.45, 2.75) is 44.1 Å². The number of hydrogen-bond acceptors (Lipinski definition) is 2. The van der Waals surface area contributed by atoms with Gasteiger partial charge < -0.3 is 0 Å². The maximum atomic E-state index is 12.2. The summed E-state index contributed by atoms with van der Waals surface area (Å²) in [5.41, 5.74) is 1.47. The molecule has 3 heteroatoms. The Morgan fingerprint density at radius 3 is 2.65 bits per heavy atom. The van der Waals surface area contributed by atoms with Gasteiger partial charge in [0.1, 0.15) is 0 Å². The molecule has 0 N–H and O–H groups in total. The first-order valence-electron chi connectivity index (χ1n) is 7.39. The van der Waals surface area contributed by atoms with Gasteiger partial charge in [-0.2, -0.15) is 11.8 Å². The Bertz CT molecular complexity index is 465. The normalized spacial score (nSPS) is 28.4. The van der Waals surface area contributed by atoms with E-state index in [1.165, 1.54) is 5.57 Å². The lowest BCUT2D eigenvalue weighted by Crippen LogP contribution is -2.12. The van der Waals surface area contributed by atoms with E-state index in [1.54, 1.807) is 0 Å². The van der Waals surface area contributed by atoms with E-state index < -0.39 is 9.07 Å². The van der Waals surface area contributed by atoms with Crippen LogP contribution in [0.5, 0.6) is 0 Å². The van der Waals surface area contributed by atoms with E-state index in [0.717, 1.165) is 24.3 Å². The Balaban J connectivity index is 2.24. The number of hydrogen-bond donors (Lipinski definition) is 0. The molecule has 0 aromatic heterocycles. The minimum absolute atomic E-state index is 0.327. The summed E-state index contributed by atoms with van der Waals surface area (Å²) in [5.74, 6) is 1.95. The molecule has 0 aliphatic carbocycles. The molecule has 0 amide bonds. The second-order valence-electron chi connectivity index (χ2n) is 6.46. The van der Waals surface area contributed by atoms with E-state index in [0.29, 0.717) is 10.5 Å². The van der Waals surface area contributed by atoms with Crippen molar-refractivity contribution >= 4 is 20.8 Å². The van der Waals surface area contributed by atoms with Crippen molar-refractivity contribution in [2.75, 3.05) is 24.0 Å². The zero-order chi connectivity index (χ0) is 15.3. The SMILES string of the molecule is C/C=C\CC/C(C)=C\CSC(C)/C=C\C1CS1(C)(C)=O. The molecule has 0 bridgehead atoms. The van der Waals surface area contributed by atoms with Crippen LogP contribution in [0.25, 0.3) is 0 Å². The number of allylic oxidation sites excluding steroid dienone is 3. The molecule has 116 valence electrons. The average molecular weight is 315 g/mol. The monoisotopic (exact) mass is 314 g/mol. The molecule has 0 aromatic rings. The van der Waals surface area contributed by atoms with Crippen molar-refractivity contribution in [1.82, 2.24) is 0 Å². The summed E-state index contributed by atoms with van der Waals surface area (Å²) in [5, 5.41) is 0.825. The van der Waals surface area contributed by atoms with E-state index in [4.69, 9.17) is 0 Å². The second-order valence-corrected chi connectivity index (χ2v) is 13.1. The summed E-state index contributed by atoms with van der Waals surface area (Å²) in [6.45, 7) is 6.50. The topological polar surface area (TPSA) is 17.1 Å². The fourth-order valence-electron chi connectivity index (χ4n) is 2.01. The van der Waals surface area contributed by atoms with Crippen LogP contribution < -0.4 is 0 Å². The Hall–Kier alpha value is -0.280. The largest absolute Gasteiger partial charge is 0.282 e. The van der Waals surface area contributed by atoms with Gasteiger partial charge in [-0.1, -0.05) is 45.0 Å². The van der Waals surface area contributed by atoms with Crippen LogP contribution in [0.15, 0.2) is 36.0 Å². The van der Waals surface area contributed by atoms with Crippen molar-refractivity contribution in [3.8, 4) is 0 Å². The maximum Gasteiger partial charge on any atom is 0.0424 e. The van der Waals surface area contributed by atoms with Gasteiger partial charge in [-0.25, -0.2) is 0 Å². The van der Waals surface area contributed by atoms with Crippen LogP contribution in [0.3, 0.4) is 0 Å². The Morgan fingerprint density at radius 1 is 1.45 bits per heavy atom. The summed E-state index contributed by atoms with van der Waals surface area (Å²) in [6.07, 6.45) is 17.2. The Kier molecular flexibility index (Phi) is 6.33. The predicted molar refractivity (Wildman–Crippen MR) is 97.5 cm³/mol. The highest BCUT2D eigenvalue weighted by molar-refractivity contribution is 8.25. The molecule has 20 heavy (non-hydrogen) atoms. The van der Waals surface area contributed by atoms with Gasteiger partial charge in [0, 0.05) is 22.0 Å². The van der Waals surface area contributed by atoms with Gasteiger partial charge in [0.05, 0.1) is 0 Å². The Morgan fingerprint density at radius 2 is 2.10 bits per heavy atom. The van der Waals surface area contributed by atoms with Crippen molar-refractivity contribution < 1.29 is 4.21 Å². The molecule has 1 nitrogen and oxygen atoms in total. The molecule has 0 aromatic carbocycles. The van der Waals surface area contributed by atoms with Crippen molar-refractivity contribution in [3.63, 3.8) is 0 Å². The number of thioether (sulfide) groups is 1. The highest BCUT2D eigenvalue weighted by Gasteiger charge is 2.50. The molecule has 2 atom stereocenters. The summed E-state index contributed by atoms with van der Waals surface area (Å²) in [4.78, 5) is 0. The van der Waals surface area contributed by atoms with Gasteiger partial charge in [0.15, 0.2) is 0 Å². The third-order valence-corrected chi connectivity index (χ3v) is 8.00. The van der Waals surface area contributed by atoms with Crippen molar-refractivity contribution in [1.29, 1.82) is 0 Å². The van der Waals surface area contributed by atoms with Crippen molar-refractivity contribution in [2.24, 2.45) is 0 Å². The van der Waals surface area contributed by atoms with E-state index in [2.05, 4.69) is 51.2 Å². The van der Waals surface area contributed by atoms with Gasteiger partial charge in [0.25, 0.3) is 0 Å². The van der Waals surface area contributed by atoms with E-state index in [-0.39, 0.29) is 0 Å². The molecule has 1 aliphatic heterocycles. The van der Waals surface area contributed by atoms with Gasteiger partial charge in [0.2, 0.25) is 0 Å². The predicted octanol–water partition coefficient (Wildman–Crippen LogP) is 4.43. The van der Waals surface area contributed by atoms with E-state index in [1.807, 2.05) is 24.3 Å². The standard InChI is InChI=1S/C17H30OS2/c1-6-7-8-9-15(2)12-13-19-16(3)10-11-17-14-20(17,4,5)18/h6-7,10-12,16-17H,8-9,13-14H2,1-5H3/b7-6-,11-10-,15-12-. The van der Waals surface area contributed by atoms with Crippen LogP contribution in [0.1, 0.15) is 33.6 Å². The first-order valence-corrected chi connectivity index (χ1v) is 11.5. The molecule has 0 saturated carbocycles. The first-order chi connectivity index (χ1) is 9.23. The molecular weight excluding hydrogens is 284 g/mol. The highest BCUT2D eigenvalue weighted by atomic mass is 32.3. The zero-order valence-corrected chi connectivity index (χ0v) is 15.2. The molecular formula is C17H30OS2. The maximum absolute atomic E-state index is 12.2. The molecule has 0 radical (unpaired) electrons. The van der Waals surface area contributed by atoms with Gasteiger partial charge in [-0.15, -0.1) is 0 Å². The van der Waals surface area contributed by atoms with E-state index in [9.17, 15) is 4.21 Å². The van der Waals surface area contributed by atoms with Crippen LogP contribution in [-0.2, 0) is 9.07 Å². The van der Waals surface area contributed by atoms with Crippen LogP contribution in [0.4, 0.5) is 0 Å². The fourth-order valence-corrected chi connectivity index (χ4v) is 5.47. The summed E-state index contributed by atoms with van der Waals surface area (Å²) in [7, 11) is -2.21. The van der Waals surface area contributed by atoms with Gasteiger partial charge in [-0.3, -0.25) is 4.21 Å². The van der Waals surface area contributed by atoms with E-state index >= 15 is 0 Å². The smallest absolute Gasteiger partial charge is 0.0424 e. The third kappa shape index (κ3) is 6.45. The Labute approximate surface area is 129 Å². The van der Waals surface area contributed by atoms with Gasteiger partial charge >= 0.3 is 0 Å². The lowest BCUT2D eigenvalue weighted by molar-refractivity contribution is 0.678. The second kappa shape index (κ2) is 7.13. The molecule has 0 spiro atoms. The molecule has 1 fully saturated rings. The van der Waals surface area contributed by atoms with Crippen LogP contribution in [0, 0.1) is 0 Å². The molecule has 1 saturated heterocycles. The molecule has 2 unspecified atom stereocenters. The molecule has 1 heterocycles. The fraction of sp³-hybridized carbons (Fsp3) is 0.647. The minimum atomic E-state index is -2.21. The van der Waals surface area contributed by atoms with Crippen LogP contribution >= 0.6 is 11.8 Å². The lowest BCUT2D eigenvalue weighted by atomic mass is 10.1. The summed E-state index contributed by atoms with van der Waals surface area (Å²) < 4.78 is 12.2. The quantitative estimate of drug-likeness (QED) is 0.487. The van der Waals surface area contributed by atoms with Gasteiger partial charge in [-0.05, 0) is 46.1 Å². The zero-order valence-electron chi connectivity index (χ0n) is 13.6. The van der Waals surface area contributed by atoms with Crippen LogP contribution in [-0.4, -0.2) is 38.7 Å². The minimum Gasteiger partial charge on any atom is -0.282 e. The third-order valence-electron chi connectivity index (χ3n) is 3.82. The molecule has 1 aliphatic rings. The average Bonchev–Trinajstić information content (AvgIpc) is 2.88. The first kappa shape index (κ1) is 17.8.